The minimum atomic E-state index is -3.87. The molecule has 0 spiro atoms. The fourth-order valence-electron chi connectivity index (χ4n) is 2.40. The van der Waals surface area contributed by atoms with Crippen molar-refractivity contribution in [1.82, 2.24) is 19.4 Å². The number of hydrogen-bond donors (Lipinski definition) is 0. The van der Waals surface area contributed by atoms with Gasteiger partial charge in [-0.1, -0.05) is 35.5 Å². The van der Waals surface area contributed by atoms with Crippen molar-refractivity contribution in [2.24, 2.45) is 0 Å². The summed E-state index contributed by atoms with van der Waals surface area (Å²) in [5, 5.41) is 8.46. The molecule has 0 unspecified atom stereocenters. The fraction of sp³-hybridized carbons (Fsp3) is 0. The second-order valence-corrected chi connectivity index (χ2v) is 6.49. The fourth-order valence-corrected chi connectivity index (χ4v) is 3.80. The largest absolute Gasteiger partial charge is 0.287 e. The molecule has 0 fully saturated rings. The molecular formula is C15H10N4O2S. The van der Waals surface area contributed by atoms with Crippen LogP contribution < -0.4 is 0 Å². The first-order valence-electron chi connectivity index (χ1n) is 6.58. The van der Waals surface area contributed by atoms with Crippen LogP contribution in [-0.4, -0.2) is 27.8 Å². The van der Waals surface area contributed by atoms with E-state index in [1.165, 1.54) is 6.07 Å². The third-order valence-electron chi connectivity index (χ3n) is 3.42. The van der Waals surface area contributed by atoms with Gasteiger partial charge >= 0.3 is 0 Å². The van der Waals surface area contributed by atoms with Crippen molar-refractivity contribution in [2.45, 2.75) is 4.90 Å². The van der Waals surface area contributed by atoms with Crippen LogP contribution in [-0.2, 0) is 10.0 Å². The zero-order chi connectivity index (χ0) is 15.2. The summed E-state index contributed by atoms with van der Waals surface area (Å²) in [5.41, 5.74) is 1.39. The minimum absolute atomic E-state index is 0.112. The van der Waals surface area contributed by atoms with E-state index in [2.05, 4.69) is 15.3 Å². The highest BCUT2D eigenvalue weighted by atomic mass is 32.2. The van der Waals surface area contributed by atoms with Crippen LogP contribution in [0.1, 0.15) is 0 Å². The lowest BCUT2D eigenvalue weighted by Crippen LogP contribution is -2.15. The smallest absolute Gasteiger partial charge is 0.255 e. The van der Waals surface area contributed by atoms with E-state index in [9.17, 15) is 8.42 Å². The molecule has 6 nitrogen and oxygen atoms in total. The van der Waals surface area contributed by atoms with Gasteiger partial charge in [-0.25, -0.2) is 0 Å². The maximum Gasteiger partial charge on any atom is 0.287 e. The van der Waals surface area contributed by atoms with Crippen LogP contribution in [0.5, 0.6) is 0 Å². The Morgan fingerprint density at radius 1 is 0.909 bits per heavy atom. The molecule has 0 amide bonds. The SMILES string of the molecule is O=S(=O)(c1cccc2cccnc12)n1nnc2ccccc21. The van der Waals surface area contributed by atoms with Gasteiger partial charge in [0.05, 0.1) is 5.52 Å². The molecule has 0 aliphatic rings. The Morgan fingerprint density at radius 2 is 1.73 bits per heavy atom. The Labute approximate surface area is 126 Å². The standard InChI is InChI=1S/C15H10N4O2S/c20-22(21,19-13-8-2-1-7-12(13)17-18-19)14-9-3-5-11-6-4-10-16-15(11)14/h1-10H. The van der Waals surface area contributed by atoms with Crippen molar-refractivity contribution in [3.63, 3.8) is 0 Å². The van der Waals surface area contributed by atoms with Gasteiger partial charge in [-0.3, -0.25) is 4.98 Å². The Bertz CT molecular complexity index is 1100. The van der Waals surface area contributed by atoms with E-state index in [0.29, 0.717) is 16.6 Å². The van der Waals surface area contributed by atoms with Gasteiger partial charge in [-0.15, -0.1) is 9.19 Å². The van der Waals surface area contributed by atoms with Gasteiger partial charge in [-0.2, -0.15) is 8.42 Å². The number of para-hydroxylation sites is 2. The molecule has 0 bridgehead atoms. The Kier molecular flexibility index (Phi) is 2.70. The number of pyridine rings is 1. The zero-order valence-electron chi connectivity index (χ0n) is 11.3. The number of hydrogen-bond acceptors (Lipinski definition) is 5. The molecule has 0 atom stereocenters. The summed E-state index contributed by atoms with van der Waals surface area (Å²) in [6, 6.07) is 15.6. The molecule has 108 valence electrons. The van der Waals surface area contributed by atoms with Gasteiger partial charge in [0.15, 0.2) is 0 Å². The van der Waals surface area contributed by atoms with Gasteiger partial charge in [0.2, 0.25) is 0 Å². The molecule has 0 N–H and O–H groups in total. The third kappa shape index (κ3) is 1.79. The Morgan fingerprint density at radius 3 is 2.64 bits per heavy atom. The van der Waals surface area contributed by atoms with Crippen molar-refractivity contribution >= 4 is 32.0 Å². The molecule has 0 aliphatic carbocycles. The number of aromatic nitrogens is 4. The van der Waals surface area contributed by atoms with Crippen LogP contribution in [0.3, 0.4) is 0 Å². The number of rotatable bonds is 2. The van der Waals surface area contributed by atoms with E-state index in [0.717, 1.165) is 9.47 Å². The van der Waals surface area contributed by atoms with Crippen molar-refractivity contribution in [1.29, 1.82) is 0 Å². The van der Waals surface area contributed by atoms with E-state index in [4.69, 9.17) is 0 Å². The van der Waals surface area contributed by atoms with Crippen molar-refractivity contribution in [2.75, 3.05) is 0 Å². The lowest BCUT2D eigenvalue weighted by atomic mass is 10.2. The number of nitrogens with zero attached hydrogens (tertiary/aromatic N) is 4. The zero-order valence-corrected chi connectivity index (χ0v) is 12.1. The monoisotopic (exact) mass is 310 g/mol. The summed E-state index contributed by atoms with van der Waals surface area (Å²) in [6.07, 6.45) is 1.57. The first kappa shape index (κ1) is 12.9. The topological polar surface area (TPSA) is 77.7 Å². The quantitative estimate of drug-likeness (QED) is 0.567. The first-order valence-corrected chi connectivity index (χ1v) is 8.02. The maximum atomic E-state index is 12.9. The first-order chi connectivity index (χ1) is 10.7. The van der Waals surface area contributed by atoms with Gasteiger partial charge in [-0.05, 0) is 24.3 Å². The van der Waals surface area contributed by atoms with Crippen molar-refractivity contribution in [3.05, 3.63) is 60.8 Å². The molecule has 0 radical (unpaired) electrons. The second kappa shape index (κ2) is 4.60. The molecular weight excluding hydrogens is 300 g/mol. The average Bonchev–Trinajstić information content (AvgIpc) is 2.99. The van der Waals surface area contributed by atoms with Crippen molar-refractivity contribution in [3.8, 4) is 0 Å². The van der Waals surface area contributed by atoms with Crippen LogP contribution in [0.4, 0.5) is 0 Å². The molecule has 4 aromatic rings. The molecule has 4 rings (SSSR count). The highest BCUT2D eigenvalue weighted by Crippen LogP contribution is 2.24. The third-order valence-corrected chi connectivity index (χ3v) is 5.03. The van der Waals surface area contributed by atoms with E-state index >= 15 is 0 Å². The molecule has 2 heterocycles. The summed E-state index contributed by atoms with van der Waals surface area (Å²) in [4.78, 5) is 4.31. The van der Waals surface area contributed by atoms with E-state index in [-0.39, 0.29) is 4.90 Å². The molecule has 0 aliphatic heterocycles. The van der Waals surface area contributed by atoms with Gasteiger partial charge in [0.25, 0.3) is 10.0 Å². The predicted octanol–water partition coefficient (Wildman–Crippen LogP) is 2.22. The van der Waals surface area contributed by atoms with Crippen LogP contribution in [0.15, 0.2) is 65.7 Å². The Hall–Kier alpha value is -2.80. The van der Waals surface area contributed by atoms with Crippen molar-refractivity contribution < 1.29 is 8.42 Å². The normalized spacial score (nSPS) is 12.0. The second-order valence-electron chi connectivity index (χ2n) is 4.76. The lowest BCUT2D eigenvalue weighted by Gasteiger charge is -2.07. The van der Waals surface area contributed by atoms with E-state index in [1.807, 2.05) is 12.1 Å². The van der Waals surface area contributed by atoms with Crippen LogP contribution >= 0.6 is 0 Å². The van der Waals surface area contributed by atoms with Crippen LogP contribution in [0, 0.1) is 0 Å². The molecule has 7 heteroatoms. The predicted molar refractivity (Wildman–Crippen MR) is 81.9 cm³/mol. The lowest BCUT2D eigenvalue weighted by molar-refractivity contribution is 0.580. The molecule has 2 aromatic carbocycles. The van der Waals surface area contributed by atoms with Crippen LogP contribution in [0.2, 0.25) is 0 Å². The average molecular weight is 310 g/mol. The summed E-state index contributed by atoms with van der Waals surface area (Å²) in [6.45, 7) is 0. The van der Waals surface area contributed by atoms with Gasteiger partial charge in [0, 0.05) is 11.6 Å². The van der Waals surface area contributed by atoms with E-state index < -0.39 is 10.0 Å². The number of benzene rings is 2. The van der Waals surface area contributed by atoms with Crippen LogP contribution in [0.25, 0.3) is 21.9 Å². The highest BCUT2D eigenvalue weighted by molar-refractivity contribution is 7.90. The highest BCUT2D eigenvalue weighted by Gasteiger charge is 2.23. The molecule has 22 heavy (non-hydrogen) atoms. The summed E-state index contributed by atoms with van der Waals surface area (Å²) in [5.74, 6) is 0. The number of fused-ring (bicyclic) bond motifs is 2. The summed E-state index contributed by atoms with van der Waals surface area (Å²) < 4.78 is 26.8. The van der Waals surface area contributed by atoms with Gasteiger partial charge < -0.3 is 0 Å². The van der Waals surface area contributed by atoms with Gasteiger partial charge in [0.1, 0.15) is 15.9 Å². The Balaban J connectivity index is 2.05. The van der Waals surface area contributed by atoms with E-state index in [1.54, 1.807) is 42.6 Å². The molecule has 0 saturated carbocycles. The molecule has 2 aromatic heterocycles. The summed E-state index contributed by atoms with van der Waals surface area (Å²) in [7, 11) is -3.87. The maximum absolute atomic E-state index is 12.9. The molecule has 0 saturated heterocycles. The minimum Gasteiger partial charge on any atom is -0.255 e. The summed E-state index contributed by atoms with van der Waals surface area (Å²) >= 11 is 0.